The van der Waals surface area contributed by atoms with Crippen molar-refractivity contribution in [3.8, 4) is 5.88 Å². The lowest BCUT2D eigenvalue weighted by molar-refractivity contribution is 0.0593. The second-order valence-electron chi connectivity index (χ2n) is 3.84. The van der Waals surface area contributed by atoms with Crippen LogP contribution in [0.25, 0.3) is 0 Å². The molecule has 0 spiro atoms. The van der Waals surface area contributed by atoms with Gasteiger partial charge in [-0.2, -0.15) is 0 Å². The summed E-state index contributed by atoms with van der Waals surface area (Å²) < 4.78 is 9.57. The largest absolute Gasteiger partial charge is 0.481 e. The molecule has 0 saturated carbocycles. The highest BCUT2D eigenvalue weighted by Gasteiger charge is 2.08. The summed E-state index contributed by atoms with van der Waals surface area (Å²) in [5.41, 5.74) is 1.11. The van der Waals surface area contributed by atoms with Crippen LogP contribution < -0.4 is 10.1 Å². The first-order valence-electron chi connectivity index (χ1n) is 5.86. The van der Waals surface area contributed by atoms with Gasteiger partial charge in [-0.3, -0.25) is 4.98 Å². The van der Waals surface area contributed by atoms with E-state index in [-0.39, 0.29) is 5.69 Å². The van der Waals surface area contributed by atoms with Crippen LogP contribution in [0.3, 0.4) is 0 Å². The van der Waals surface area contributed by atoms with Crippen molar-refractivity contribution in [2.24, 2.45) is 0 Å². The Labute approximate surface area is 116 Å². The number of carbonyl (C=O) groups excluding carboxylic acids is 1. The summed E-state index contributed by atoms with van der Waals surface area (Å²) in [4.78, 5) is 23.5. The van der Waals surface area contributed by atoms with E-state index < -0.39 is 5.97 Å². The number of carbonyl (C=O) groups is 1. The number of aromatic nitrogens is 3. The molecule has 0 aliphatic rings. The number of rotatable bonds is 5. The lowest BCUT2D eigenvalue weighted by Crippen LogP contribution is -2.08. The average molecular weight is 274 g/mol. The molecule has 0 atom stereocenters. The molecular weight excluding hydrogens is 260 g/mol. The summed E-state index contributed by atoms with van der Waals surface area (Å²) in [5, 5.41) is 3.06. The standard InChI is InChI=1S/C13H14N4O3/c1-19-12-4-3-9(6-16-12)5-15-11-8-14-7-10(17-11)13(18)20-2/h3-4,6-8H,5H2,1-2H3,(H,15,17). The Kier molecular flexibility index (Phi) is 4.43. The van der Waals surface area contributed by atoms with E-state index in [1.807, 2.05) is 6.07 Å². The topological polar surface area (TPSA) is 86.2 Å². The number of anilines is 1. The Morgan fingerprint density at radius 1 is 1.25 bits per heavy atom. The van der Waals surface area contributed by atoms with Crippen molar-refractivity contribution in [1.29, 1.82) is 0 Å². The van der Waals surface area contributed by atoms with Crippen LogP contribution in [0.15, 0.2) is 30.7 Å². The van der Waals surface area contributed by atoms with E-state index in [0.29, 0.717) is 18.2 Å². The minimum atomic E-state index is -0.521. The zero-order chi connectivity index (χ0) is 14.4. The Hall–Kier alpha value is -2.70. The van der Waals surface area contributed by atoms with Gasteiger partial charge in [0.05, 0.1) is 26.6 Å². The minimum Gasteiger partial charge on any atom is -0.481 e. The van der Waals surface area contributed by atoms with Gasteiger partial charge >= 0.3 is 5.97 Å². The van der Waals surface area contributed by atoms with Gasteiger partial charge in [-0.1, -0.05) is 6.07 Å². The summed E-state index contributed by atoms with van der Waals surface area (Å²) >= 11 is 0. The quantitative estimate of drug-likeness (QED) is 0.822. The summed E-state index contributed by atoms with van der Waals surface area (Å²) in [7, 11) is 2.86. The van der Waals surface area contributed by atoms with Gasteiger partial charge in [-0.25, -0.2) is 14.8 Å². The van der Waals surface area contributed by atoms with E-state index in [9.17, 15) is 4.79 Å². The number of nitrogens with zero attached hydrogens (tertiary/aromatic N) is 3. The monoisotopic (exact) mass is 274 g/mol. The number of ether oxygens (including phenoxy) is 2. The van der Waals surface area contributed by atoms with Gasteiger partial charge in [-0.15, -0.1) is 0 Å². The molecule has 0 amide bonds. The highest BCUT2D eigenvalue weighted by molar-refractivity contribution is 5.87. The van der Waals surface area contributed by atoms with E-state index in [1.54, 1.807) is 19.4 Å². The van der Waals surface area contributed by atoms with Crippen LogP contribution in [0, 0.1) is 0 Å². The lowest BCUT2D eigenvalue weighted by Gasteiger charge is -2.06. The lowest BCUT2D eigenvalue weighted by atomic mass is 10.3. The van der Waals surface area contributed by atoms with Crippen LogP contribution in [0.5, 0.6) is 5.88 Å². The number of hydrogen-bond acceptors (Lipinski definition) is 7. The van der Waals surface area contributed by atoms with E-state index in [1.165, 1.54) is 19.5 Å². The Morgan fingerprint density at radius 3 is 2.75 bits per heavy atom. The highest BCUT2D eigenvalue weighted by Crippen LogP contribution is 2.09. The molecule has 7 heteroatoms. The smallest absolute Gasteiger partial charge is 0.358 e. The molecule has 20 heavy (non-hydrogen) atoms. The summed E-state index contributed by atoms with van der Waals surface area (Å²) in [6.45, 7) is 0.510. The molecule has 7 nitrogen and oxygen atoms in total. The SMILES string of the molecule is COC(=O)c1cncc(NCc2ccc(OC)nc2)n1. The van der Waals surface area contributed by atoms with Gasteiger partial charge < -0.3 is 14.8 Å². The van der Waals surface area contributed by atoms with E-state index in [4.69, 9.17) is 4.74 Å². The molecule has 0 saturated heterocycles. The van der Waals surface area contributed by atoms with Gasteiger partial charge in [0.1, 0.15) is 5.82 Å². The zero-order valence-electron chi connectivity index (χ0n) is 11.2. The van der Waals surface area contributed by atoms with Crippen LogP contribution in [0.2, 0.25) is 0 Å². The molecule has 1 N–H and O–H groups in total. The third-order valence-corrected chi connectivity index (χ3v) is 2.51. The van der Waals surface area contributed by atoms with Crippen molar-refractivity contribution in [2.45, 2.75) is 6.54 Å². The van der Waals surface area contributed by atoms with Gasteiger partial charge in [0, 0.05) is 18.8 Å². The molecule has 2 heterocycles. The van der Waals surface area contributed by atoms with Crippen molar-refractivity contribution in [3.05, 3.63) is 42.0 Å². The third-order valence-electron chi connectivity index (χ3n) is 2.51. The normalized spacial score (nSPS) is 9.90. The molecule has 0 unspecified atom stereocenters. The van der Waals surface area contributed by atoms with Gasteiger partial charge in [-0.05, 0) is 5.56 Å². The molecule has 0 aliphatic heterocycles. The minimum absolute atomic E-state index is 0.158. The molecule has 0 aliphatic carbocycles. The fourth-order valence-electron chi connectivity index (χ4n) is 1.48. The number of esters is 1. The van der Waals surface area contributed by atoms with E-state index in [2.05, 4.69) is 25.0 Å². The third kappa shape index (κ3) is 3.41. The van der Waals surface area contributed by atoms with Crippen LogP contribution in [0.4, 0.5) is 5.82 Å². The van der Waals surface area contributed by atoms with Crippen LogP contribution >= 0.6 is 0 Å². The van der Waals surface area contributed by atoms with E-state index in [0.717, 1.165) is 5.56 Å². The molecule has 2 rings (SSSR count). The van der Waals surface area contributed by atoms with Crippen molar-refractivity contribution in [2.75, 3.05) is 19.5 Å². The first-order chi connectivity index (χ1) is 9.72. The van der Waals surface area contributed by atoms with Crippen molar-refractivity contribution in [1.82, 2.24) is 15.0 Å². The van der Waals surface area contributed by atoms with Crippen LogP contribution in [-0.2, 0) is 11.3 Å². The second kappa shape index (κ2) is 6.46. The fourth-order valence-corrected chi connectivity index (χ4v) is 1.48. The predicted molar refractivity (Wildman–Crippen MR) is 71.5 cm³/mol. The van der Waals surface area contributed by atoms with Gasteiger partial charge in [0.25, 0.3) is 0 Å². The van der Waals surface area contributed by atoms with Crippen molar-refractivity contribution < 1.29 is 14.3 Å². The first kappa shape index (κ1) is 13.7. The average Bonchev–Trinajstić information content (AvgIpc) is 2.53. The predicted octanol–water partition coefficient (Wildman–Crippen LogP) is 1.28. The Morgan fingerprint density at radius 2 is 2.10 bits per heavy atom. The Balaban J connectivity index is 2.01. The van der Waals surface area contributed by atoms with Crippen molar-refractivity contribution in [3.63, 3.8) is 0 Å². The molecule has 0 aromatic carbocycles. The van der Waals surface area contributed by atoms with Gasteiger partial charge in [0.15, 0.2) is 5.69 Å². The van der Waals surface area contributed by atoms with Crippen molar-refractivity contribution >= 4 is 11.8 Å². The number of nitrogens with one attached hydrogen (secondary N) is 1. The molecular formula is C13H14N4O3. The fraction of sp³-hybridized carbons (Fsp3) is 0.231. The molecule has 0 radical (unpaired) electrons. The Bertz CT molecular complexity index is 586. The second-order valence-corrected chi connectivity index (χ2v) is 3.84. The molecule has 0 bridgehead atoms. The molecule has 0 fully saturated rings. The first-order valence-corrected chi connectivity index (χ1v) is 5.86. The molecule has 2 aromatic heterocycles. The maximum atomic E-state index is 11.3. The summed E-state index contributed by atoms with van der Waals surface area (Å²) in [6.07, 6.45) is 4.58. The number of hydrogen-bond donors (Lipinski definition) is 1. The van der Waals surface area contributed by atoms with Crippen LogP contribution in [-0.4, -0.2) is 35.1 Å². The summed E-state index contributed by atoms with van der Waals surface area (Å²) in [5.74, 6) is 0.525. The zero-order valence-corrected chi connectivity index (χ0v) is 11.2. The number of methoxy groups -OCH3 is 2. The highest BCUT2D eigenvalue weighted by atomic mass is 16.5. The van der Waals surface area contributed by atoms with Crippen LogP contribution in [0.1, 0.15) is 16.1 Å². The molecule has 2 aromatic rings. The maximum Gasteiger partial charge on any atom is 0.358 e. The number of pyridine rings is 1. The van der Waals surface area contributed by atoms with Gasteiger partial charge in [0.2, 0.25) is 5.88 Å². The molecule has 104 valence electrons. The summed E-state index contributed by atoms with van der Waals surface area (Å²) in [6, 6.07) is 3.66. The maximum absolute atomic E-state index is 11.3. The van der Waals surface area contributed by atoms with E-state index >= 15 is 0 Å².